The fraction of sp³-hybridized carbons (Fsp3) is 0.545. The lowest BCUT2D eigenvalue weighted by molar-refractivity contribution is -0.124. The van der Waals surface area contributed by atoms with Gasteiger partial charge in [0.1, 0.15) is 6.04 Å². The summed E-state index contributed by atoms with van der Waals surface area (Å²) in [7, 11) is 0. The molecule has 0 aliphatic heterocycles. The molecule has 2 amide bonds. The first-order valence-electron chi connectivity index (χ1n) is 5.41. The average molecular weight is 238 g/mol. The molecule has 17 heavy (non-hydrogen) atoms. The van der Waals surface area contributed by atoms with Crippen molar-refractivity contribution in [2.45, 2.75) is 39.3 Å². The first-order valence-corrected chi connectivity index (χ1v) is 5.41. The van der Waals surface area contributed by atoms with Crippen LogP contribution in [0.3, 0.4) is 0 Å². The molecular weight excluding hydrogens is 220 g/mol. The largest absolute Gasteiger partial charge is 0.350 e. The third-order valence-corrected chi connectivity index (χ3v) is 2.00. The second-order valence-corrected chi connectivity index (χ2v) is 4.92. The number of aromatic amines is 1. The third-order valence-electron chi connectivity index (χ3n) is 2.00. The third kappa shape index (κ3) is 4.26. The number of amides is 2. The van der Waals surface area contributed by atoms with Crippen LogP contribution >= 0.6 is 0 Å². The highest BCUT2D eigenvalue weighted by atomic mass is 16.2. The Hall–Kier alpha value is -1.85. The van der Waals surface area contributed by atoms with Crippen molar-refractivity contribution in [3.8, 4) is 0 Å². The molecule has 0 saturated heterocycles. The first kappa shape index (κ1) is 13.2. The number of rotatable bonds is 3. The lowest BCUT2D eigenvalue weighted by Gasteiger charge is -2.23. The fourth-order valence-electron chi connectivity index (χ4n) is 1.20. The zero-order valence-electron chi connectivity index (χ0n) is 10.5. The van der Waals surface area contributed by atoms with Gasteiger partial charge in [0.05, 0.1) is 11.8 Å². The zero-order chi connectivity index (χ0) is 13.1. The number of carbonyl (C=O) groups is 2. The smallest absolute Gasteiger partial charge is 0.255 e. The van der Waals surface area contributed by atoms with Crippen LogP contribution in [0.25, 0.3) is 0 Å². The Morgan fingerprint density at radius 2 is 2.06 bits per heavy atom. The van der Waals surface area contributed by atoms with E-state index in [1.807, 2.05) is 20.8 Å². The summed E-state index contributed by atoms with van der Waals surface area (Å²) in [5.74, 6) is -0.537. The van der Waals surface area contributed by atoms with Gasteiger partial charge in [-0.25, -0.2) is 0 Å². The standard InChI is InChI=1S/C11H18N4O2/c1-7(9(16)15-11(2,3)4)14-10(17)8-5-12-13-6-8/h5-7H,1-4H3,(H,12,13)(H,14,17)(H,15,16). The molecule has 3 N–H and O–H groups in total. The first-order chi connectivity index (χ1) is 7.79. The van der Waals surface area contributed by atoms with Crippen molar-refractivity contribution >= 4 is 11.8 Å². The lowest BCUT2D eigenvalue weighted by Crippen LogP contribution is -2.50. The van der Waals surface area contributed by atoms with Crippen LogP contribution in [0.5, 0.6) is 0 Å². The van der Waals surface area contributed by atoms with Crippen molar-refractivity contribution in [3.63, 3.8) is 0 Å². The average Bonchev–Trinajstić information content (AvgIpc) is 2.67. The van der Waals surface area contributed by atoms with Gasteiger partial charge in [-0.3, -0.25) is 14.7 Å². The maximum absolute atomic E-state index is 11.7. The molecule has 0 aliphatic rings. The molecule has 0 aromatic carbocycles. The van der Waals surface area contributed by atoms with Gasteiger partial charge in [0, 0.05) is 11.7 Å². The van der Waals surface area contributed by atoms with Gasteiger partial charge in [-0.15, -0.1) is 0 Å². The minimum absolute atomic E-state index is 0.214. The molecule has 6 nitrogen and oxygen atoms in total. The Balaban J connectivity index is 2.52. The number of aromatic nitrogens is 2. The number of nitrogens with one attached hydrogen (secondary N) is 3. The van der Waals surface area contributed by atoms with Gasteiger partial charge in [-0.2, -0.15) is 5.10 Å². The molecule has 1 unspecified atom stereocenters. The van der Waals surface area contributed by atoms with Gasteiger partial charge in [0.25, 0.3) is 5.91 Å². The number of hydrogen-bond donors (Lipinski definition) is 3. The number of H-pyrrole nitrogens is 1. The van der Waals surface area contributed by atoms with E-state index >= 15 is 0 Å². The Labute approximate surface area is 100 Å². The molecule has 0 radical (unpaired) electrons. The predicted molar refractivity (Wildman–Crippen MR) is 63.4 cm³/mol. The van der Waals surface area contributed by atoms with E-state index in [0.717, 1.165) is 0 Å². The molecule has 1 atom stereocenters. The van der Waals surface area contributed by atoms with Crippen molar-refractivity contribution < 1.29 is 9.59 Å². The van der Waals surface area contributed by atoms with E-state index in [4.69, 9.17) is 0 Å². The monoisotopic (exact) mass is 238 g/mol. The second kappa shape index (κ2) is 4.99. The highest BCUT2D eigenvalue weighted by molar-refractivity contribution is 5.97. The summed E-state index contributed by atoms with van der Waals surface area (Å²) in [4.78, 5) is 23.3. The summed E-state index contributed by atoms with van der Waals surface area (Å²) < 4.78 is 0. The lowest BCUT2D eigenvalue weighted by atomic mass is 10.1. The van der Waals surface area contributed by atoms with Crippen LogP contribution in [0, 0.1) is 0 Å². The fourth-order valence-corrected chi connectivity index (χ4v) is 1.20. The normalized spacial score (nSPS) is 12.9. The second-order valence-electron chi connectivity index (χ2n) is 4.92. The predicted octanol–water partition coefficient (Wildman–Crippen LogP) is 0.443. The van der Waals surface area contributed by atoms with Crippen LogP contribution in [0.2, 0.25) is 0 Å². The molecule has 0 spiro atoms. The van der Waals surface area contributed by atoms with Crippen LogP contribution in [0.15, 0.2) is 12.4 Å². The molecule has 0 bridgehead atoms. The van der Waals surface area contributed by atoms with Crippen molar-refractivity contribution in [1.29, 1.82) is 0 Å². The minimum Gasteiger partial charge on any atom is -0.350 e. The Morgan fingerprint density at radius 3 is 2.53 bits per heavy atom. The Bertz CT molecular complexity index is 392. The van der Waals surface area contributed by atoms with Gasteiger partial charge >= 0.3 is 0 Å². The topological polar surface area (TPSA) is 86.9 Å². The summed E-state index contributed by atoms with van der Waals surface area (Å²) >= 11 is 0. The van der Waals surface area contributed by atoms with E-state index in [9.17, 15) is 9.59 Å². The minimum atomic E-state index is -0.586. The van der Waals surface area contributed by atoms with E-state index in [0.29, 0.717) is 5.56 Å². The molecule has 1 aromatic rings. The van der Waals surface area contributed by atoms with Crippen molar-refractivity contribution in [2.75, 3.05) is 0 Å². The summed E-state index contributed by atoms with van der Waals surface area (Å²) in [6.07, 6.45) is 2.88. The van der Waals surface area contributed by atoms with E-state index in [1.165, 1.54) is 12.4 Å². The maximum Gasteiger partial charge on any atom is 0.255 e. The molecule has 1 aromatic heterocycles. The number of hydrogen-bond acceptors (Lipinski definition) is 3. The Kier molecular flexibility index (Phi) is 3.88. The number of carbonyl (C=O) groups excluding carboxylic acids is 2. The van der Waals surface area contributed by atoms with Crippen LogP contribution in [0.4, 0.5) is 0 Å². The highest BCUT2D eigenvalue weighted by Gasteiger charge is 2.21. The van der Waals surface area contributed by atoms with Crippen LogP contribution in [-0.2, 0) is 4.79 Å². The van der Waals surface area contributed by atoms with Crippen molar-refractivity contribution in [1.82, 2.24) is 20.8 Å². The van der Waals surface area contributed by atoms with Gasteiger partial charge in [0.2, 0.25) is 5.91 Å². The summed E-state index contributed by atoms with van der Waals surface area (Å²) in [5.41, 5.74) is 0.0894. The van der Waals surface area contributed by atoms with E-state index in [-0.39, 0.29) is 17.4 Å². The SMILES string of the molecule is CC(NC(=O)c1cn[nH]c1)C(=O)NC(C)(C)C. The highest BCUT2D eigenvalue weighted by Crippen LogP contribution is 2.00. The zero-order valence-corrected chi connectivity index (χ0v) is 10.5. The summed E-state index contributed by atoms with van der Waals surface area (Å²) in [6.45, 7) is 7.29. The molecule has 1 heterocycles. The summed E-state index contributed by atoms with van der Waals surface area (Å²) in [5, 5.41) is 11.6. The molecule has 1 rings (SSSR count). The quantitative estimate of drug-likeness (QED) is 0.714. The molecule has 0 aliphatic carbocycles. The number of nitrogens with zero attached hydrogens (tertiary/aromatic N) is 1. The van der Waals surface area contributed by atoms with Crippen LogP contribution in [-0.4, -0.2) is 33.6 Å². The maximum atomic E-state index is 11.7. The molecule has 0 fully saturated rings. The molecule has 6 heteroatoms. The van der Waals surface area contributed by atoms with Crippen molar-refractivity contribution in [3.05, 3.63) is 18.0 Å². The van der Waals surface area contributed by atoms with Gasteiger partial charge in [-0.1, -0.05) is 0 Å². The van der Waals surface area contributed by atoms with Gasteiger partial charge in [0.15, 0.2) is 0 Å². The van der Waals surface area contributed by atoms with E-state index < -0.39 is 6.04 Å². The summed E-state index contributed by atoms with van der Waals surface area (Å²) in [6, 6.07) is -0.586. The van der Waals surface area contributed by atoms with Gasteiger partial charge < -0.3 is 10.6 Å². The molecule has 0 saturated carbocycles. The molecule has 94 valence electrons. The molecular formula is C11H18N4O2. The van der Waals surface area contributed by atoms with Crippen LogP contribution in [0.1, 0.15) is 38.1 Å². The Morgan fingerprint density at radius 1 is 1.41 bits per heavy atom. The van der Waals surface area contributed by atoms with E-state index in [2.05, 4.69) is 20.8 Å². The van der Waals surface area contributed by atoms with Crippen LogP contribution < -0.4 is 10.6 Å². The van der Waals surface area contributed by atoms with Gasteiger partial charge in [-0.05, 0) is 27.7 Å². The van der Waals surface area contributed by atoms with E-state index in [1.54, 1.807) is 6.92 Å². The van der Waals surface area contributed by atoms with Crippen molar-refractivity contribution in [2.24, 2.45) is 0 Å².